The molecule has 0 saturated heterocycles. The lowest BCUT2D eigenvalue weighted by molar-refractivity contribution is 0.102. The number of hydrogen-bond donors (Lipinski definition) is 2. The smallest absolute Gasteiger partial charge is 0.259 e. The fourth-order valence-electron chi connectivity index (χ4n) is 2.13. The van der Waals surface area contributed by atoms with Gasteiger partial charge in [0, 0.05) is 6.20 Å². The van der Waals surface area contributed by atoms with Crippen LogP contribution in [0.25, 0.3) is 0 Å². The number of carbonyl (C=O) groups excluding carboxylic acids is 1. The third-order valence-corrected chi connectivity index (χ3v) is 3.30. The van der Waals surface area contributed by atoms with Crippen molar-refractivity contribution in [1.82, 2.24) is 4.98 Å². The fourth-order valence-corrected chi connectivity index (χ4v) is 2.13. The molecule has 120 valence electrons. The van der Waals surface area contributed by atoms with Crippen molar-refractivity contribution in [2.45, 2.75) is 0 Å². The SMILES string of the molecule is O=C(Nc1ccccc1F)c1cccnc1Nc1ccccc1F. The van der Waals surface area contributed by atoms with Crippen molar-refractivity contribution in [3.63, 3.8) is 0 Å². The first-order valence-electron chi connectivity index (χ1n) is 7.17. The average molecular weight is 325 g/mol. The number of carbonyl (C=O) groups is 1. The van der Waals surface area contributed by atoms with Crippen LogP contribution in [0.1, 0.15) is 10.4 Å². The lowest BCUT2D eigenvalue weighted by atomic mass is 10.2. The van der Waals surface area contributed by atoms with E-state index >= 15 is 0 Å². The summed E-state index contributed by atoms with van der Waals surface area (Å²) >= 11 is 0. The van der Waals surface area contributed by atoms with Crippen LogP contribution in [-0.4, -0.2) is 10.9 Å². The maximum Gasteiger partial charge on any atom is 0.259 e. The van der Waals surface area contributed by atoms with Crippen LogP contribution in [0.3, 0.4) is 0 Å². The molecule has 0 fully saturated rings. The molecule has 0 bridgehead atoms. The van der Waals surface area contributed by atoms with Crippen molar-refractivity contribution in [2.24, 2.45) is 0 Å². The second-order valence-corrected chi connectivity index (χ2v) is 4.94. The lowest BCUT2D eigenvalue weighted by Crippen LogP contribution is -2.15. The highest BCUT2D eigenvalue weighted by Crippen LogP contribution is 2.22. The minimum Gasteiger partial charge on any atom is -0.337 e. The predicted molar refractivity (Wildman–Crippen MR) is 88.3 cm³/mol. The summed E-state index contributed by atoms with van der Waals surface area (Å²) in [6.45, 7) is 0. The first-order valence-corrected chi connectivity index (χ1v) is 7.17. The maximum absolute atomic E-state index is 13.8. The first kappa shape index (κ1) is 15.6. The molecule has 0 unspecified atom stereocenters. The Kier molecular flexibility index (Phi) is 4.47. The molecule has 0 atom stereocenters. The van der Waals surface area contributed by atoms with E-state index in [2.05, 4.69) is 15.6 Å². The highest BCUT2D eigenvalue weighted by atomic mass is 19.1. The van der Waals surface area contributed by atoms with Gasteiger partial charge in [-0.2, -0.15) is 0 Å². The van der Waals surface area contributed by atoms with Gasteiger partial charge in [-0.1, -0.05) is 24.3 Å². The minimum atomic E-state index is -0.549. The van der Waals surface area contributed by atoms with E-state index in [9.17, 15) is 13.6 Å². The van der Waals surface area contributed by atoms with Crippen molar-refractivity contribution >= 4 is 23.1 Å². The molecule has 2 aromatic carbocycles. The number of pyridine rings is 1. The van der Waals surface area contributed by atoms with Crippen molar-refractivity contribution in [1.29, 1.82) is 0 Å². The van der Waals surface area contributed by atoms with Gasteiger partial charge in [0.15, 0.2) is 0 Å². The summed E-state index contributed by atoms with van der Waals surface area (Å²) in [5, 5.41) is 5.26. The molecule has 0 aliphatic heterocycles. The number of aromatic nitrogens is 1. The molecule has 1 aromatic heterocycles. The summed E-state index contributed by atoms with van der Waals surface area (Å²) in [6, 6.07) is 15.0. The number of rotatable bonds is 4. The first-order chi connectivity index (χ1) is 11.6. The van der Waals surface area contributed by atoms with Gasteiger partial charge in [0.2, 0.25) is 0 Å². The third-order valence-electron chi connectivity index (χ3n) is 3.30. The Morgan fingerprint density at radius 3 is 2.12 bits per heavy atom. The molecular formula is C18H13F2N3O. The van der Waals surface area contributed by atoms with Gasteiger partial charge in [-0.3, -0.25) is 4.79 Å². The topological polar surface area (TPSA) is 54.0 Å². The average Bonchev–Trinajstić information content (AvgIpc) is 2.59. The standard InChI is InChI=1S/C18H13F2N3O/c19-13-7-1-3-9-15(13)22-17-12(6-5-11-21-17)18(24)23-16-10-4-2-8-14(16)20/h1-11H,(H,21,22)(H,23,24). The van der Waals surface area contributed by atoms with E-state index in [-0.39, 0.29) is 22.8 Å². The van der Waals surface area contributed by atoms with Crippen LogP contribution in [0, 0.1) is 11.6 Å². The number of para-hydroxylation sites is 2. The van der Waals surface area contributed by atoms with Gasteiger partial charge in [-0.15, -0.1) is 0 Å². The monoisotopic (exact) mass is 325 g/mol. The summed E-state index contributed by atoms with van der Waals surface area (Å²) in [7, 11) is 0. The summed E-state index contributed by atoms with van der Waals surface area (Å²) < 4.78 is 27.4. The molecule has 4 nitrogen and oxygen atoms in total. The number of halogens is 2. The Morgan fingerprint density at radius 2 is 1.46 bits per heavy atom. The molecule has 3 rings (SSSR count). The molecule has 0 saturated carbocycles. The minimum absolute atomic E-state index is 0.0585. The van der Waals surface area contributed by atoms with Gasteiger partial charge in [0.05, 0.1) is 16.9 Å². The number of nitrogens with zero attached hydrogens (tertiary/aromatic N) is 1. The van der Waals surface area contributed by atoms with E-state index in [1.54, 1.807) is 24.3 Å². The number of amides is 1. The molecule has 0 aliphatic carbocycles. The zero-order valence-electron chi connectivity index (χ0n) is 12.5. The number of nitrogens with one attached hydrogen (secondary N) is 2. The molecular weight excluding hydrogens is 312 g/mol. The molecule has 0 spiro atoms. The summed E-state index contributed by atoms with van der Waals surface area (Å²) in [6.07, 6.45) is 1.48. The summed E-state index contributed by atoms with van der Waals surface area (Å²) in [5.41, 5.74) is 0.420. The Morgan fingerprint density at radius 1 is 0.833 bits per heavy atom. The molecule has 24 heavy (non-hydrogen) atoms. The predicted octanol–water partition coefficient (Wildman–Crippen LogP) is 4.36. The number of anilines is 3. The number of benzene rings is 2. The van der Waals surface area contributed by atoms with Crippen molar-refractivity contribution in [2.75, 3.05) is 10.6 Å². The second kappa shape index (κ2) is 6.87. The quantitative estimate of drug-likeness (QED) is 0.749. The van der Waals surface area contributed by atoms with Crippen molar-refractivity contribution < 1.29 is 13.6 Å². The van der Waals surface area contributed by atoms with E-state index in [4.69, 9.17) is 0 Å². The Bertz CT molecular complexity index is 883. The highest BCUT2D eigenvalue weighted by Gasteiger charge is 2.15. The van der Waals surface area contributed by atoms with Crippen molar-refractivity contribution in [3.05, 3.63) is 84.1 Å². The largest absolute Gasteiger partial charge is 0.337 e. The molecule has 2 N–H and O–H groups in total. The maximum atomic E-state index is 13.8. The summed E-state index contributed by atoms with van der Waals surface area (Å²) in [4.78, 5) is 16.5. The van der Waals surface area contributed by atoms with Crippen LogP contribution in [0.4, 0.5) is 26.0 Å². The molecule has 6 heteroatoms. The second-order valence-electron chi connectivity index (χ2n) is 4.94. The van der Waals surface area contributed by atoms with Gasteiger partial charge in [0.1, 0.15) is 17.5 Å². The van der Waals surface area contributed by atoms with Crippen LogP contribution in [0.2, 0.25) is 0 Å². The van der Waals surface area contributed by atoms with E-state index in [1.807, 2.05) is 0 Å². The van der Waals surface area contributed by atoms with Gasteiger partial charge in [-0.25, -0.2) is 13.8 Å². The molecule has 3 aromatic rings. The Labute approximate surface area is 137 Å². The number of hydrogen-bond acceptors (Lipinski definition) is 3. The zero-order chi connectivity index (χ0) is 16.9. The van der Waals surface area contributed by atoms with Crippen LogP contribution in [0.5, 0.6) is 0 Å². The highest BCUT2D eigenvalue weighted by molar-refractivity contribution is 6.07. The van der Waals surface area contributed by atoms with E-state index in [1.165, 1.54) is 42.6 Å². The van der Waals surface area contributed by atoms with Crippen LogP contribution in [-0.2, 0) is 0 Å². The fraction of sp³-hybridized carbons (Fsp3) is 0. The van der Waals surface area contributed by atoms with Gasteiger partial charge in [0.25, 0.3) is 5.91 Å². The van der Waals surface area contributed by atoms with E-state index in [0.717, 1.165) is 0 Å². The third kappa shape index (κ3) is 3.38. The molecule has 0 radical (unpaired) electrons. The Balaban J connectivity index is 1.88. The van der Waals surface area contributed by atoms with Gasteiger partial charge in [-0.05, 0) is 36.4 Å². The van der Waals surface area contributed by atoms with Crippen LogP contribution >= 0.6 is 0 Å². The summed E-state index contributed by atoms with van der Waals surface area (Å²) in [5.74, 6) is -1.38. The van der Waals surface area contributed by atoms with E-state index < -0.39 is 17.5 Å². The van der Waals surface area contributed by atoms with Crippen LogP contribution < -0.4 is 10.6 Å². The van der Waals surface area contributed by atoms with Crippen molar-refractivity contribution in [3.8, 4) is 0 Å². The zero-order valence-corrected chi connectivity index (χ0v) is 12.5. The van der Waals surface area contributed by atoms with Crippen LogP contribution in [0.15, 0.2) is 66.9 Å². The molecule has 1 heterocycles. The Hall–Kier alpha value is -3.28. The normalized spacial score (nSPS) is 10.2. The molecule has 0 aliphatic rings. The van der Waals surface area contributed by atoms with Gasteiger partial charge >= 0.3 is 0 Å². The lowest BCUT2D eigenvalue weighted by Gasteiger charge is -2.12. The van der Waals surface area contributed by atoms with E-state index in [0.29, 0.717) is 0 Å². The van der Waals surface area contributed by atoms with Gasteiger partial charge < -0.3 is 10.6 Å². The molecule has 1 amide bonds.